The van der Waals surface area contributed by atoms with Crippen molar-refractivity contribution in [3.05, 3.63) is 0 Å². The highest BCUT2D eigenvalue weighted by molar-refractivity contribution is 7.86. The molecule has 2 atom stereocenters. The fraction of sp³-hybridized carbons (Fsp3) is 0.864. The zero-order valence-corrected chi connectivity index (χ0v) is 22.1. The normalized spacial score (nSPS) is 30.2. The molecule has 4 saturated carbocycles. The van der Waals surface area contributed by atoms with Crippen LogP contribution in [-0.4, -0.2) is 87.3 Å². The molecule has 42 heavy (non-hydrogen) atoms. The number of carbonyl (C=O) groups excluding carboxylic acids is 3. The summed E-state index contributed by atoms with van der Waals surface area (Å²) in [6.45, 7) is -5.68. The van der Waals surface area contributed by atoms with Crippen LogP contribution in [0.25, 0.3) is 0 Å². The lowest BCUT2D eigenvalue weighted by atomic mass is 9.47. The first-order valence-electron chi connectivity index (χ1n) is 12.3. The molecule has 1 spiro atoms. The van der Waals surface area contributed by atoms with Crippen molar-refractivity contribution in [1.29, 1.82) is 0 Å². The van der Waals surface area contributed by atoms with Crippen molar-refractivity contribution in [1.82, 2.24) is 0 Å². The number of carbonyl (C=O) groups is 3. The van der Waals surface area contributed by atoms with Gasteiger partial charge in [0.2, 0.25) is 0 Å². The quantitative estimate of drug-likeness (QED) is 0.179. The number of hydrogen-bond acceptors (Lipinski definition) is 10. The molecule has 11 nitrogen and oxygen atoms in total. The minimum absolute atomic E-state index is 0.0601. The number of halogens is 8. The van der Waals surface area contributed by atoms with Crippen LogP contribution in [0, 0.1) is 28.6 Å². The van der Waals surface area contributed by atoms with Gasteiger partial charge in [-0.2, -0.15) is 43.5 Å². The lowest BCUT2D eigenvalue weighted by Gasteiger charge is -2.64. The average Bonchev–Trinajstić information content (AvgIpc) is 2.86. The Hall–Kier alpha value is -2.32. The van der Waals surface area contributed by atoms with Crippen molar-refractivity contribution >= 4 is 28.0 Å². The summed E-state index contributed by atoms with van der Waals surface area (Å²) in [5.41, 5.74) is -3.32. The smallest absolute Gasteiger partial charge is 0.458 e. The second kappa shape index (κ2) is 10.4. The largest absolute Gasteiger partial charge is 0.490 e. The first-order valence-corrected chi connectivity index (χ1v) is 13.8. The lowest BCUT2D eigenvalue weighted by molar-refractivity contribution is -0.391. The van der Waals surface area contributed by atoms with E-state index in [1.807, 2.05) is 0 Å². The SMILES string of the molecule is O=C(OCC1(COC(=O)C(F)(F)F)COC2(OC1)C1CC3CC2CC(C(=O)OCC(F)(F)S(=O)(=O)O)(C3)C1)C(F)(F)F. The highest BCUT2D eigenvalue weighted by Gasteiger charge is 2.68. The van der Waals surface area contributed by atoms with E-state index in [0.29, 0.717) is 12.8 Å². The topological polar surface area (TPSA) is 152 Å². The Morgan fingerprint density at radius 2 is 1.24 bits per heavy atom. The molecule has 20 heteroatoms. The van der Waals surface area contributed by atoms with Gasteiger partial charge in [-0.15, -0.1) is 0 Å². The van der Waals surface area contributed by atoms with Gasteiger partial charge in [-0.25, -0.2) is 9.59 Å². The van der Waals surface area contributed by atoms with Crippen molar-refractivity contribution in [3.63, 3.8) is 0 Å². The Labute approximate surface area is 231 Å². The van der Waals surface area contributed by atoms with Crippen LogP contribution in [0.4, 0.5) is 35.1 Å². The minimum Gasteiger partial charge on any atom is -0.458 e. The number of rotatable bonds is 8. The van der Waals surface area contributed by atoms with E-state index < -0.39 is 107 Å². The minimum atomic E-state index is -5.86. The molecule has 4 aliphatic carbocycles. The van der Waals surface area contributed by atoms with E-state index in [-0.39, 0.29) is 25.2 Å². The summed E-state index contributed by atoms with van der Waals surface area (Å²) in [6.07, 6.45) is -10.0. The summed E-state index contributed by atoms with van der Waals surface area (Å²) in [4.78, 5) is 35.4. The summed E-state index contributed by atoms with van der Waals surface area (Å²) in [5, 5.41) is -4.75. The van der Waals surface area contributed by atoms with Gasteiger partial charge in [-0.05, 0) is 38.0 Å². The summed E-state index contributed by atoms with van der Waals surface area (Å²) >= 11 is 0. The van der Waals surface area contributed by atoms with Gasteiger partial charge >= 0.3 is 45.6 Å². The predicted molar refractivity (Wildman–Crippen MR) is 115 cm³/mol. The van der Waals surface area contributed by atoms with E-state index in [4.69, 9.17) is 14.0 Å². The van der Waals surface area contributed by atoms with Gasteiger partial charge in [0.1, 0.15) is 13.2 Å². The molecule has 0 aromatic rings. The predicted octanol–water partition coefficient (Wildman–Crippen LogP) is 2.78. The summed E-state index contributed by atoms with van der Waals surface area (Å²) in [5.74, 6) is -9.37. The first kappa shape index (κ1) is 32.6. The fourth-order valence-corrected chi connectivity index (χ4v) is 6.66. The van der Waals surface area contributed by atoms with Crippen molar-refractivity contribution in [2.45, 2.75) is 55.5 Å². The third kappa shape index (κ3) is 6.03. The van der Waals surface area contributed by atoms with Crippen LogP contribution < -0.4 is 0 Å². The van der Waals surface area contributed by atoms with E-state index in [0.717, 1.165) is 0 Å². The average molecular weight is 648 g/mol. The van der Waals surface area contributed by atoms with Gasteiger partial charge < -0.3 is 23.7 Å². The van der Waals surface area contributed by atoms with Crippen LogP contribution in [0.2, 0.25) is 0 Å². The molecule has 1 aliphatic heterocycles. The molecule has 5 fully saturated rings. The summed E-state index contributed by atoms with van der Waals surface area (Å²) < 4.78 is 158. The summed E-state index contributed by atoms with van der Waals surface area (Å²) in [6, 6.07) is 0. The number of hydrogen-bond donors (Lipinski definition) is 1. The Bertz CT molecular complexity index is 1160. The Morgan fingerprint density at radius 3 is 1.64 bits per heavy atom. The maximum absolute atomic E-state index is 13.6. The van der Waals surface area contributed by atoms with Crippen LogP contribution in [0.1, 0.15) is 32.1 Å². The van der Waals surface area contributed by atoms with Gasteiger partial charge in [-0.1, -0.05) is 0 Å². The van der Waals surface area contributed by atoms with Gasteiger partial charge in [0.05, 0.1) is 24.0 Å². The van der Waals surface area contributed by atoms with Gasteiger partial charge in [0.25, 0.3) is 0 Å². The maximum atomic E-state index is 13.6. The van der Waals surface area contributed by atoms with Gasteiger partial charge in [0, 0.05) is 11.8 Å². The first-order chi connectivity index (χ1) is 19.0. The Kier molecular flexibility index (Phi) is 8.07. The van der Waals surface area contributed by atoms with Crippen molar-refractivity contribution in [2.24, 2.45) is 28.6 Å². The van der Waals surface area contributed by atoms with E-state index in [9.17, 15) is 57.9 Å². The third-order valence-electron chi connectivity index (χ3n) is 8.20. The standard InChI is InChI=1S/C22H24F8O11S/c23-19(24,42(34,35)36)10-39-14(31)18-3-11-1-12(4-18)20(13(2-11)5-18)40-8-17(9-41-20,6-37-15(32)21(25,26)27)7-38-16(33)22(28,29)30/h11-13H,1-10H2,(H,34,35,36). The second-order valence-corrected chi connectivity index (χ2v) is 12.8. The zero-order valence-electron chi connectivity index (χ0n) is 21.3. The molecule has 240 valence electrons. The van der Waals surface area contributed by atoms with E-state index in [1.165, 1.54) is 0 Å². The molecule has 4 bridgehead atoms. The molecule has 5 aliphatic rings. The Balaban J connectivity index is 1.48. The lowest BCUT2D eigenvalue weighted by Crippen LogP contribution is -2.68. The van der Waals surface area contributed by atoms with Crippen LogP contribution in [0.5, 0.6) is 0 Å². The zero-order chi connectivity index (χ0) is 31.6. The Morgan fingerprint density at radius 1 is 0.786 bits per heavy atom. The summed E-state index contributed by atoms with van der Waals surface area (Å²) in [7, 11) is -5.86. The molecule has 0 aromatic carbocycles. The molecule has 5 rings (SSSR count). The third-order valence-corrected chi connectivity index (χ3v) is 9.07. The van der Waals surface area contributed by atoms with Crippen LogP contribution >= 0.6 is 0 Å². The highest BCUT2D eigenvalue weighted by Crippen LogP contribution is 2.66. The maximum Gasteiger partial charge on any atom is 0.490 e. The fourth-order valence-electron chi connectivity index (χ4n) is 6.45. The molecule has 0 amide bonds. The molecule has 1 saturated heterocycles. The molecule has 0 radical (unpaired) electrons. The monoisotopic (exact) mass is 648 g/mol. The van der Waals surface area contributed by atoms with Crippen LogP contribution in [0.3, 0.4) is 0 Å². The second-order valence-electron chi connectivity index (χ2n) is 11.3. The molecule has 1 N–H and O–H groups in total. The van der Waals surface area contributed by atoms with E-state index >= 15 is 0 Å². The number of esters is 3. The van der Waals surface area contributed by atoms with Crippen molar-refractivity contribution in [3.8, 4) is 0 Å². The number of ether oxygens (including phenoxy) is 5. The molecule has 2 unspecified atom stereocenters. The van der Waals surface area contributed by atoms with Crippen molar-refractivity contribution < 1.29 is 86.2 Å². The van der Waals surface area contributed by atoms with Crippen molar-refractivity contribution in [2.75, 3.05) is 33.0 Å². The highest BCUT2D eigenvalue weighted by atomic mass is 32.2. The van der Waals surface area contributed by atoms with Gasteiger partial charge in [-0.3, -0.25) is 9.35 Å². The van der Waals surface area contributed by atoms with Gasteiger partial charge in [0.15, 0.2) is 12.4 Å². The molecular formula is C22H24F8O11S. The van der Waals surface area contributed by atoms with E-state index in [2.05, 4.69) is 14.2 Å². The molecule has 1 heterocycles. The molecular weight excluding hydrogens is 624 g/mol. The number of alkyl halides is 8. The van der Waals surface area contributed by atoms with E-state index in [1.54, 1.807) is 0 Å². The molecule has 0 aromatic heterocycles. The van der Waals surface area contributed by atoms with Crippen LogP contribution in [0.15, 0.2) is 0 Å². The van der Waals surface area contributed by atoms with Crippen LogP contribution in [-0.2, 0) is 48.2 Å².